The molecular formula is C15H13NO4. The minimum absolute atomic E-state index is 0.210. The summed E-state index contributed by atoms with van der Waals surface area (Å²) in [6.45, 7) is 1.77. The van der Waals surface area contributed by atoms with Gasteiger partial charge in [0.2, 0.25) is 5.78 Å². The van der Waals surface area contributed by atoms with E-state index in [0.29, 0.717) is 11.4 Å². The molecule has 0 amide bonds. The Labute approximate surface area is 115 Å². The van der Waals surface area contributed by atoms with Gasteiger partial charge in [0.15, 0.2) is 5.76 Å². The van der Waals surface area contributed by atoms with E-state index in [4.69, 9.17) is 9.52 Å². The van der Waals surface area contributed by atoms with Crippen LogP contribution in [0.5, 0.6) is 0 Å². The van der Waals surface area contributed by atoms with Crippen molar-refractivity contribution >= 4 is 17.4 Å². The average molecular weight is 271 g/mol. The highest BCUT2D eigenvalue weighted by molar-refractivity contribution is 6.02. The summed E-state index contributed by atoms with van der Waals surface area (Å²) in [7, 11) is 0. The molecule has 0 atom stereocenters. The summed E-state index contributed by atoms with van der Waals surface area (Å²) in [5, 5.41) is 11.6. The first-order valence-electron chi connectivity index (χ1n) is 5.93. The van der Waals surface area contributed by atoms with Crippen LogP contribution in [0.15, 0.2) is 53.1 Å². The van der Waals surface area contributed by atoms with Crippen molar-refractivity contribution in [3.63, 3.8) is 0 Å². The fraction of sp³-hybridized carbons (Fsp3) is 0.0667. The van der Waals surface area contributed by atoms with Gasteiger partial charge in [0.1, 0.15) is 5.76 Å². The summed E-state index contributed by atoms with van der Waals surface area (Å²) in [5.74, 6) is -0.260. The predicted molar refractivity (Wildman–Crippen MR) is 73.9 cm³/mol. The van der Waals surface area contributed by atoms with Gasteiger partial charge in [0.05, 0.1) is 5.56 Å². The van der Waals surface area contributed by atoms with Gasteiger partial charge in [0.25, 0.3) is 0 Å². The van der Waals surface area contributed by atoms with E-state index in [1.165, 1.54) is 24.4 Å². The third kappa shape index (κ3) is 3.35. The molecule has 5 heteroatoms. The normalized spacial score (nSPS) is 10.7. The zero-order valence-electron chi connectivity index (χ0n) is 10.8. The molecule has 0 aliphatic carbocycles. The van der Waals surface area contributed by atoms with Crippen LogP contribution in [0.1, 0.15) is 26.7 Å². The van der Waals surface area contributed by atoms with Crippen LogP contribution in [0.3, 0.4) is 0 Å². The molecule has 20 heavy (non-hydrogen) atoms. The number of rotatable bonds is 5. The number of carbonyl (C=O) groups is 2. The molecule has 0 aliphatic rings. The maximum Gasteiger partial charge on any atom is 0.335 e. The molecule has 0 fully saturated rings. The highest BCUT2D eigenvalue weighted by atomic mass is 16.4. The highest BCUT2D eigenvalue weighted by Gasteiger charge is 2.05. The van der Waals surface area contributed by atoms with Gasteiger partial charge < -0.3 is 14.8 Å². The van der Waals surface area contributed by atoms with Crippen molar-refractivity contribution in [1.29, 1.82) is 0 Å². The van der Waals surface area contributed by atoms with Gasteiger partial charge in [-0.1, -0.05) is 0 Å². The zero-order chi connectivity index (χ0) is 14.5. The number of hydrogen-bond acceptors (Lipinski definition) is 4. The fourth-order valence-corrected chi connectivity index (χ4v) is 1.57. The molecule has 0 saturated carbocycles. The lowest BCUT2D eigenvalue weighted by atomic mass is 10.2. The third-order valence-corrected chi connectivity index (χ3v) is 2.60. The molecule has 2 aromatic rings. The SMILES string of the molecule is Cc1ccc(C(=O)/C=C/Nc2ccc(C(=O)O)cc2)o1. The first-order valence-corrected chi connectivity index (χ1v) is 5.93. The molecule has 1 aromatic heterocycles. The van der Waals surface area contributed by atoms with E-state index in [2.05, 4.69) is 5.32 Å². The Kier molecular flexibility index (Phi) is 4.00. The second kappa shape index (κ2) is 5.88. The molecular weight excluding hydrogens is 258 g/mol. The molecule has 1 heterocycles. The van der Waals surface area contributed by atoms with Gasteiger partial charge in [0, 0.05) is 18.0 Å². The van der Waals surface area contributed by atoms with Crippen molar-refractivity contribution in [2.45, 2.75) is 6.92 Å². The molecule has 102 valence electrons. The predicted octanol–water partition coefficient (Wildman–Crippen LogP) is 3.09. The number of hydrogen-bond donors (Lipinski definition) is 2. The monoisotopic (exact) mass is 271 g/mol. The van der Waals surface area contributed by atoms with E-state index in [9.17, 15) is 9.59 Å². The van der Waals surface area contributed by atoms with E-state index in [1.807, 2.05) is 0 Å². The second-order valence-electron chi connectivity index (χ2n) is 4.13. The highest BCUT2D eigenvalue weighted by Crippen LogP contribution is 2.10. The Hall–Kier alpha value is -2.82. The van der Waals surface area contributed by atoms with E-state index >= 15 is 0 Å². The van der Waals surface area contributed by atoms with Crippen LogP contribution >= 0.6 is 0 Å². The lowest BCUT2D eigenvalue weighted by Gasteiger charge is -2.00. The number of aryl methyl sites for hydroxylation is 1. The Balaban J connectivity index is 1.96. The summed E-state index contributed by atoms with van der Waals surface area (Å²) < 4.78 is 5.20. The van der Waals surface area contributed by atoms with Crippen LogP contribution in [0.25, 0.3) is 0 Å². The Morgan fingerprint density at radius 3 is 2.40 bits per heavy atom. The molecule has 0 saturated heterocycles. The number of allylic oxidation sites excluding steroid dienone is 1. The van der Waals surface area contributed by atoms with Crippen molar-refractivity contribution in [2.24, 2.45) is 0 Å². The minimum atomic E-state index is -0.976. The van der Waals surface area contributed by atoms with E-state index in [1.54, 1.807) is 31.2 Å². The van der Waals surface area contributed by atoms with Crippen molar-refractivity contribution in [3.8, 4) is 0 Å². The molecule has 0 unspecified atom stereocenters. The summed E-state index contributed by atoms with van der Waals surface area (Å²) in [5.41, 5.74) is 0.899. The number of aromatic carboxylic acids is 1. The van der Waals surface area contributed by atoms with Gasteiger partial charge in [-0.3, -0.25) is 4.79 Å². The van der Waals surface area contributed by atoms with E-state index in [-0.39, 0.29) is 17.1 Å². The van der Waals surface area contributed by atoms with Gasteiger partial charge >= 0.3 is 5.97 Å². The van der Waals surface area contributed by atoms with Crippen molar-refractivity contribution in [3.05, 3.63) is 65.8 Å². The molecule has 0 aliphatic heterocycles. The fourth-order valence-electron chi connectivity index (χ4n) is 1.57. The van der Waals surface area contributed by atoms with E-state index in [0.717, 1.165) is 0 Å². The topological polar surface area (TPSA) is 79.5 Å². The van der Waals surface area contributed by atoms with Crippen molar-refractivity contribution < 1.29 is 19.1 Å². The number of furan rings is 1. The quantitative estimate of drug-likeness (QED) is 0.645. The minimum Gasteiger partial charge on any atom is -0.478 e. The molecule has 0 radical (unpaired) electrons. The third-order valence-electron chi connectivity index (χ3n) is 2.60. The largest absolute Gasteiger partial charge is 0.478 e. The van der Waals surface area contributed by atoms with Gasteiger partial charge in [-0.05, 0) is 43.3 Å². The number of nitrogens with one attached hydrogen (secondary N) is 1. The number of carbonyl (C=O) groups excluding carboxylic acids is 1. The summed E-state index contributed by atoms with van der Waals surface area (Å²) in [6, 6.07) is 9.54. The van der Waals surface area contributed by atoms with Crippen LogP contribution in [-0.2, 0) is 0 Å². The zero-order valence-corrected chi connectivity index (χ0v) is 10.8. The number of benzene rings is 1. The molecule has 0 spiro atoms. The maximum atomic E-state index is 11.7. The molecule has 0 bridgehead atoms. The smallest absolute Gasteiger partial charge is 0.335 e. The number of ketones is 1. The number of carboxylic acid groups (broad SMARTS) is 1. The van der Waals surface area contributed by atoms with Crippen LogP contribution < -0.4 is 5.32 Å². The van der Waals surface area contributed by atoms with Crippen LogP contribution in [0, 0.1) is 6.92 Å². The standard InChI is InChI=1S/C15H13NO4/c1-10-2-7-14(20-10)13(17)8-9-16-12-5-3-11(4-6-12)15(18)19/h2-9,16H,1H3,(H,18,19)/b9-8+. The van der Waals surface area contributed by atoms with Gasteiger partial charge in [-0.25, -0.2) is 4.79 Å². The molecule has 1 aromatic carbocycles. The van der Waals surface area contributed by atoms with Crippen molar-refractivity contribution in [1.82, 2.24) is 0 Å². The van der Waals surface area contributed by atoms with E-state index < -0.39 is 5.97 Å². The molecule has 2 N–H and O–H groups in total. The Morgan fingerprint density at radius 1 is 1.15 bits per heavy atom. The van der Waals surface area contributed by atoms with Gasteiger partial charge in [-0.15, -0.1) is 0 Å². The number of anilines is 1. The van der Waals surface area contributed by atoms with Crippen LogP contribution in [0.2, 0.25) is 0 Å². The van der Waals surface area contributed by atoms with Crippen molar-refractivity contribution in [2.75, 3.05) is 5.32 Å². The van der Waals surface area contributed by atoms with Crippen LogP contribution in [-0.4, -0.2) is 16.9 Å². The summed E-state index contributed by atoms with van der Waals surface area (Å²) in [4.78, 5) is 22.4. The van der Waals surface area contributed by atoms with Gasteiger partial charge in [-0.2, -0.15) is 0 Å². The summed E-state index contributed by atoms with van der Waals surface area (Å²) >= 11 is 0. The lowest BCUT2D eigenvalue weighted by molar-refractivity contribution is 0.0696. The first kappa shape index (κ1) is 13.6. The van der Waals surface area contributed by atoms with Crippen LogP contribution in [0.4, 0.5) is 5.69 Å². The second-order valence-corrected chi connectivity index (χ2v) is 4.13. The summed E-state index contributed by atoms with van der Waals surface area (Å²) in [6.07, 6.45) is 2.83. The first-order chi connectivity index (χ1) is 9.56. The Morgan fingerprint density at radius 2 is 1.85 bits per heavy atom. The molecule has 5 nitrogen and oxygen atoms in total. The number of carboxylic acids is 1. The maximum absolute atomic E-state index is 11.7. The Bertz CT molecular complexity index is 653. The average Bonchev–Trinajstić information content (AvgIpc) is 2.86. The molecule has 2 rings (SSSR count). The lowest BCUT2D eigenvalue weighted by Crippen LogP contribution is -1.97.